The largest absolute Gasteiger partial charge is 0.497 e. The smallest absolute Gasteiger partial charge is 0.264 e. The van der Waals surface area contributed by atoms with Gasteiger partial charge in [0.05, 0.1) is 44.5 Å². The van der Waals surface area contributed by atoms with Gasteiger partial charge in [-0.15, -0.1) is 0 Å². The highest BCUT2D eigenvalue weighted by molar-refractivity contribution is 6.71. The fourth-order valence-electron chi connectivity index (χ4n) is 8.07. The van der Waals surface area contributed by atoms with Crippen molar-refractivity contribution in [2.45, 2.75) is 82.0 Å². The zero-order chi connectivity index (χ0) is 31.4. The van der Waals surface area contributed by atoms with Crippen LogP contribution in [0.15, 0.2) is 42.5 Å². The van der Waals surface area contributed by atoms with E-state index in [1.807, 2.05) is 62.5 Å². The van der Waals surface area contributed by atoms with E-state index in [1.165, 1.54) is 0 Å². The molecule has 0 bridgehead atoms. The Morgan fingerprint density at radius 2 is 1.86 bits per heavy atom. The van der Waals surface area contributed by atoms with Crippen molar-refractivity contribution in [3.63, 3.8) is 0 Å². The summed E-state index contributed by atoms with van der Waals surface area (Å²) in [5.41, 5.74) is 1.37. The van der Waals surface area contributed by atoms with Gasteiger partial charge in [-0.3, -0.25) is 14.4 Å². The lowest BCUT2D eigenvalue weighted by atomic mass is 9.82. The van der Waals surface area contributed by atoms with Gasteiger partial charge in [-0.2, -0.15) is 0 Å². The topological polar surface area (TPSA) is 120 Å². The number of likely N-dealkylation sites (tertiary alicyclic amines) is 1. The van der Waals surface area contributed by atoms with Crippen LogP contribution in [0.2, 0.25) is 18.6 Å². The molecule has 11 heteroatoms. The first kappa shape index (κ1) is 30.8. The maximum atomic E-state index is 14.7. The van der Waals surface area contributed by atoms with E-state index in [4.69, 9.17) is 9.47 Å². The average molecular weight is 622 g/mol. The molecular weight excluding hydrogens is 578 g/mol. The van der Waals surface area contributed by atoms with Crippen molar-refractivity contribution in [1.29, 1.82) is 0 Å². The summed E-state index contributed by atoms with van der Waals surface area (Å²) in [5.74, 6) is -0.0404. The molecule has 6 rings (SSSR count). The molecule has 2 aromatic rings. The van der Waals surface area contributed by atoms with Crippen molar-refractivity contribution < 1.29 is 33.8 Å². The predicted octanol–water partition coefficient (Wildman–Crippen LogP) is 3.54. The number of rotatable bonds is 8. The highest BCUT2D eigenvalue weighted by Crippen LogP contribution is 2.60. The van der Waals surface area contributed by atoms with E-state index in [-0.39, 0.29) is 42.3 Å². The molecule has 44 heavy (non-hydrogen) atoms. The molecule has 0 aliphatic carbocycles. The molecule has 3 fully saturated rings. The summed E-state index contributed by atoms with van der Waals surface area (Å²) in [6.45, 7) is 7.15. The van der Waals surface area contributed by atoms with Crippen LogP contribution in [0, 0.1) is 5.92 Å². The summed E-state index contributed by atoms with van der Waals surface area (Å²) >= 11 is 0. The number of hydrogen-bond acceptors (Lipinski definition) is 7. The van der Waals surface area contributed by atoms with Gasteiger partial charge in [0.15, 0.2) is 13.9 Å². The van der Waals surface area contributed by atoms with Gasteiger partial charge in [0.25, 0.3) is 5.91 Å². The predicted molar refractivity (Wildman–Crippen MR) is 168 cm³/mol. The van der Waals surface area contributed by atoms with Crippen molar-refractivity contribution in [2.24, 2.45) is 5.92 Å². The molecule has 4 aliphatic heterocycles. The van der Waals surface area contributed by atoms with Crippen LogP contribution in [0.1, 0.15) is 50.2 Å². The summed E-state index contributed by atoms with van der Waals surface area (Å²) in [4.78, 5) is 57.3. The van der Waals surface area contributed by atoms with Crippen LogP contribution in [0.5, 0.6) is 5.75 Å². The van der Waals surface area contributed by atoms with Crippen LogP contribution in [0.4, 0.5) is 11.4 Å². The first-order valence-electron chi connectivity index (χ1n) is 15.7. The molecule has 3 amide bonds. The summed E-state index contributed by atoms with van der Waals surface area (Å²) in [5, 5.41) is 9.82. The summed E-state index contributed by atoms with van der Waals surface area (Å²) in [6.07, 6.45) is 2.38. The normalized spacial score (nSPS) is 28.5. The van der Waals surface area contributed by atoms with Gasteiger partial charge in [0.1, 0.15) is 5.75 Å². The van der Waals surface area contributed by atoms with Crippen LogP contribution >= 0.6 is 0 Å². The maximum Gasteiger partial charge on any atom is 0.264 e. The maximum absolute atomic E-state index is 14.7. The van der Waals surface area contributed by atoms with Gasteiger partial charge in [0, 0.05) is 42.2 Å². The first-order valence-corrected chi connectivity index (χ1v) is 18.7. The van der Waals surface area contributed by atoms with E-state index in [9.17, 15) is 24.3 Å². The molecule has 4 heterocycles. The number of amides is 3. The number of aliphatic hydroxyl groups excluding tert-OH is 1. The monoisotopic (exact) mass is 621 g/mol. The number of nitrogens with zero attached hydrogens (tertiary/aromatic N) is 3. The molecule has 2 N–H and O–H groups in total. The van der Waals surface area contributed by atoms with E-state index in [1.54, 1.807) is 21.8 Å². The summed E-state index contributed by atoms with van der Waals surface area (Å²) in [6, 6.07) is 13.1. The minimum Gasteiger partial charge on any atom is -0.497 e. The molecule has 3 saturated heterocycles. The highest BCUT2D eigenvalue weighted by Gasteiger charge is 2.66. The fourth-order valence-corrected chi connectivity index (χ4v) is 10.6. The van der Waals surface area contributed by atoms with E-state index < -0.39 is 25.9 Å². The van der Waals surface area contributed by atoms with Crippen LogP contribution in [-0.2, 0) is 31.3 Å². The van der Waals surface area contributed by atoms with E-state index >= 15 is 0 Å². The molecule has 0 unspecified atom stereocenters. The van der Waals surface area contributed by atoms with Gasteiger partial charge in [-0.1, -0.05) is 19.1 Å². The number of carbonyl (C=O) groups is 3. The Morgan fingerprint density at radius 1 is 1.11 bits per heavy atom. The second-order valence-electron chi connectivity index (χ2n) is 13.2. The number of fused-ring (bicyclic) bond motifs is 2. The van der Waals surface area contributed by atoms with Crippen molar-refractivity contribution in [3.05, 3.63) is 53.6 Å². The Balaban J connectivity index is 1.34. The number of aliphatic hydroxyl groups is 1. The molecular formula is C33H43N3O7Si. The molecule has 0 saturated carbocycles. The molecule has 236 valence electrons. The van der Waals surface area contributed by atoms with Crippen molar-refractivity contribution >= 4 is 37.4 Å². The number of carbonyl (C=O) groups excluding carboxylic acids is 3. The Labute approximate surface area is 259 Å². The summed E-state index contributed by atoms with van der Waals surface area (Å²) < 4.78 is 12.4. The second-order valence-corrected chi connectivity index (χ2v) is 17.2. The SMILES string of the molecule is COc1ccc2c(c1)[C@]1(O[C@@H](CC(=O)N3CCC[C@H]3CO)[C@H]([Si](C)(C)O)[C@H]1C)C(=O)N2Cc1ccc(N2CCCC2=O)cc1. The Kier molecular flexibility index (Phi) is 8.10. The van der Waals surface area contributed by atoms with Gasteiger partial charge in [-0.05, 0) is 68.3 Å². The molecule has 4 aliphatic rings. The van der Waals surface area contributed by atoms with Crippen molar-refractivity contribution in [3.8, 4) is 5.75 Å². The molecule has 0 aromatic heterocycles. The lowest BCUT2D eigenvalue weighted by Crippen LogP contribution is -2.46. The Bertz CT molecular complexity index is 1440. The minimum absolute atomic E-state index is 0.0352. The molecule has 2 aromatic carbocycles. The van der Waals surface area contributed by atoms with Gasteiger partial charge in [0.2, 0.25) is 11.8 Å². The molecule has 5 atom stereocenters. The number of anilines is 2. The van der Waals surface area contributed by atoms with E-state index in [0.29, 0.717) is 43.1 Å². The van der Waals surface area contributed by atoms with Crippen LogP contribution in [0.25, 0.3) is 0 Å². The fraction of sp³-hybridized carbons (Fsp3) is 0.545. The second kappa shape index (κ2) is 11.6. The third kappa shape index (κ3) is 5.03. The number of ether oxygens (including phenoxy) is 2. The minimum atomic E-state index is -2.95. The van der Waals surface area contributed by atoms with Gasteiger partial charge < -0.3 is 34.1 Å². The average Bonchev–Trinajstić information content (AvgIpc) is 3.76. The number of hydrogen-bond donors (Lipinski definition) is 2. The lowest BCUT2D eigenvalue weighted by Gasteiger charge is -2.33. The molecule has 0 radical (unpaired) electrons. The first-order chi connectivity index (χ1) is 21.0. The number of benzene rings is 2. The van der Waals surface area contributed by atoms with Crippen molar-refractivity contribution in [2.75, 3.05) is 36.6 Å². The quantitative estimate of drug-likeness (QED) is 0.433. The highest BCUT2D eigenvalue weighted by atomic mass is 28.4. The van der Waals surface area contributed by atoms with Crippen LogP contribution in [0.3, 0.4) is 0 Å². The van der Waals surface area contributed by atoms with Crippen molar-refractivity contribution in [1.82, 2.24) is 4.90 Å². The number of methoxy groups -OCH3 is 1. The van der Waals surface area contributed by atoms with Crippen LogP contribution < -0.4 is 14.5 Å². The third-order valence-corrected chi connectivity index (χ3v) is 12.6. The standard InChI is InChI=1S/C33H43N3O7Si/c1-21-31(44(3,4)41)28(18-30(39)35-15-5-7-24(35)20-37)43-33(21)26-17-25(42-2)13-14-27(26)36(32(33)40)19-22-9-11-23(12-10-22)34-16-6-8-29(34)38/h9-14,17,21,24,28,31,37,41H,5-8,15-16,18-20H2,1-4H3/t21-,24+,28+,31-,33+/m1/s1. The summed E-state index contributed by atoms with van der Waals surface area (Å²) in [7, 11) is -1.37. The Morgan fingerprint density at radius 3 is 2.50 bits per heavy atom. The third-order valence-electron chi connectivity index (χ3n) is 10.1. The van der Waals surface area contributed by atoms with Gasteiger partial charge in [-0.25, -0.2) is 0 Å². The van der Waals surface area contributed by atoms with E-state index in [2.05, 4.69) is 0 Å². The zero-order valence-electron chi connectivity index (χ0n) is 26.0. The molecule has 10 nitrogen and oxygen atoms in total. The van der Waals surface area contributed by atoms with Gasteiger partial charge >= 0.3 is 0 Å². The van der Waals surface area contributed by atoms with Crippen LogP contribution in [-0.4, -0.2) is 79.8 Å². The Hall–Kier alpha value is -3.25. The van der Waals surface area contributed by atoms with E-state index in [0.717, 1.165) is 30.5 Å². The molecule has 1 spiro atoms. The lowest BCUT2D eigenvalue weighted by molar-refractivity contribution is -0.150. The zero-order valence-corrected chi connectivity index (χ0v) is 27.0.